The zero-order chi connectivity index (χ0) is 14.1. The van der Waals surface area contributed by atoms with Crippen LogP contribution in [0.25, 0.3) is 11.0 Å². The summed E-state index contributed by atoms with van der Waals surface area (Å²) in [5.74, 6) is 1.65. The SMILES string of the molecule is CNc1ncc(C)c(Cc2nc3ccccc3n2C)n1. The summed E-state index contributed by atoms with van der Waals surface area (Å²) in [6, 6.07) is 8.15. The Kier molecular flexibility index (Phi) is 3.10. The molecule has 0 unspecified atom stereocenters. The van der Waals surface area contributed by atoms with Crippen molar-refractivity contribution in [2.24, 2.45) is 7.05 Å². The molecule has 3 aromatic rings. The molecule has 0 radical (unpaired) electrons. The molecule has 102 valence electrons. The Balaban J connectivity index is 2.03. The zero-order valence-corrected chi connectivity index (χ0v) is 11.9. The molecule has 20 heavy (non-hydrogen) atoms. The smallest absolute Gasteiger partial charge is 0.222 e. The first kappa shape index (κ1) is 12.6. The summed E-state index contributed by atoms with van der Waals surface area (Å²) >= 11 is 0. The standard InChI is InChI=1S/C15H17N5/c1-10-9-17-15(16-2)19-12(10)8-14-18-11-6-4-5-7-13(11)20(14)3/h4-7,9H,8H2,1-3H3,(H,16,17,19). The van der Waals surface area contributed by atoms with E-state index in [1.807, 2.05) is 45.4 Å². The molecule has 3 rings (SSSR count). The van der Waals surface area contributed by atoms with Gasteiger partial charge in [-0.05, 0) is 24.6 Å². The quantitative estimate of drug-likeness (QED) is 0.791. The first-order chi connectivity index (χ1) is 9.69. The van der Waals surface area contributed by atoms with Crippen LogP contribution in [-0.2, 0) is 13.5 Å². The lowest BCUT2D eigenvalue weighted by molar-refractivity contribution is 0.825. The lowest BCUT2D eigenvalue weighted by Gasteiger charge is -2.07. The van der Waals surface area contributed by atoms with Crippen LogP contribution in [0.15, 0.2) is 30.5 Å². The highest BCUT2D eigenvalue weighted by Crippen LogP contribution is 2.18. The number of hydrogen-bond donors (Lipinski definition) is 1. The zero-order valence-electron chi connectivity index (χ0n) is 11.9. The number of fused-ring (bicyclic) bond motifs is 1. The van der Waals surface area contributed by atoms with E-state index in [1.54, 1.807) is 0 Å². The van der Waals surface area contributed by atoms with Crippen molar-refractivity contribution in [3.63, 3.8) is 0 Å². The van der Waals surface area contributed by atoms with Crippen molar-refractivity contribution >= 4 is 17.0 Å². The van der Waals surface area contributed by atoms with Crippen LogP contribution in [0, 0.1) is 6.92 Å². The second-order valence-electron chi connectivity index (χ2n) is 4.83. The van der Waals surface area contributed by atoms with Crippen molar-refractivity contribution in [3.05, 3.63) is 47.5 Å². The van der Waals surface area contributed by atoms with E-state index in [0.29, 0.717) is 12.4 Å². The van der Waals surface area contributed by atoms with Crippen LogP contribution in [0.2, 0.25) is 0 Å². The molecule has 1 N–H and O–H groups in total. The number of nitrogens with zero attached hydrogens (tertiary/aromatic N) is 4. The molecule has 0 aliphatic rings. The second kappa shape index (κ2) is 4.92. The van der Waals surface area contributed by atoms with Gasteiger partial charge in [0.25, 0.3) is 0 Å². The van der Waals surface area contributed by atoms with Gasteiger partial charge in [-0.25, -0.2) is 15.0 Å². The van der Waals surface area contributed by atoms with Gasteiger partial charge in [0, 0.05) is 26.7 Å². The molecule has 2 heterocycles. The largest absolute Gasteiger partial charge is 0.357 e. The van der Waals surface area contributed by atoms with Crippen LogP contribution in [0.1, 0.15) is 17.1 Å². The van der Waals surface area contributed by atoms with Gasteiger partial charge in [0.1, 0.15) is 5.82 Å². The number of hydrogen-bond acceptors (Lipinski definition) is 4. The maximum Gasteiger partial charge on any atom is 0.222 e. The Morgan fingerprint density at radius 2 is 2.00 bits per heavy atom. The molecule has 2 aromatic heterocycles. The summed E-state index contributed by atoms with van der Waals surface area (Å²) in [5.41, 5.74) is 4.24. The number of aromatic nitrogens is 4. The highest BCUT2D eigenvalue weighted by atomic mass is 15.1. The van der Waals surface area contributed by atoms with Crippen LogP contribution >= 0.6 is 0 Å². The fraction of sp³-hybridized carbons (Fsp3) is 0.267. The number of anilines is 1. The summed E-state index contributed by atoms with van der Waals surface area (Å²) in [7, 11) is 3.86. The molecule has 1 aromatic carbocycles. The van der Waals surface area contributed by atoms with Gasteiger partial charge in [-0.2, -0.15) is 0 Å². The number of imidazole rings is 1. The molecule has 0 saturated carbocycles. The minimum absolute atomic E-state index is 0.643. The van der Waals surface area contributed by atoms with Gasteiger partial charge < -0.3 is 9.88 Å². The third-order valence-electron chi connectivity index (χ3n) is 3.51. The first-order valence-electron chi connectivity index (χ1n) is 6.59. The third kappa shape index (κ3) is 2.11. The Hall–Kier alpha value is -2.43. The molecular weight excluding hydrogens is 250 g/mol. The highest BCUT2D eigenvalue weighted by molar-refractivity contribution is 5.75. The van der Waals surface area contributed by atoms with E-state index >= 15 is 0 Å². The molecule has 0 aliphatic heterocycles. The number of aryl methyl sites for hydroxylation is 2. The Labute approximate surface area is 117 Å². The van der Waals surface area contributed by atoms with E-state index < -0.39 is 0 Å². The van der Waals surface area contributed by atoms with Crippen LogP contribution in [0.3, 0.4) is 0 Å². The summed E-state index contributed by atoms with van der Waals surface area (Å²) in [4.78, 5) is 13.4. The van der Waals surface area contributed by atoms with Gasteiger partial charge in [-0.15, -0.1) is 0 Å². The van der Waals surface area contributed by atoms with Crippen molar-refractivity contribution < 1.29 is 0 Å². The monoisotopic (exact) mass is 267 g/mol. The minimum Gasteiger partial charge on any atom is -0.357 e. The van der Waals surface area contributed by atoms with Gasteiger partial charge in [-0.3, -0.25) is 0 Å². The van der Waals surface area contributed by atoms with Crippen LogP contribution in [0.5, 0.6) is 0 Å². The minimum atomic E-state index is 0.643. The fourth-order valence-corrected chi connectivity index (χ4v) is 2.28. The van der Waals surface area contributed by atoms with E-state index in [0.717, 1.165) is 28.1 Å². The average Bonchev–Trinajstić information content (AvgIpc) is 2.78. The average molecular weight is 267 g/mol. The lowest BCUT2D eigenvalue weighted by atomic mass is 10.2. The summed E-state index contributed by atoms with van der Waals surface area (Å²) in [6.45, 7) is 2.03. The third-order valence-corrected chi connectivity index (χ3v) is 3.51. The van der Waals surface area contributed by atoms with Gasteiger partial charge in [0.05, 0.1) is 16.7 Å². The maximum atomic E-state index is 4.69. The van der Waals surface area contributed by atoms with E-state index in [2.05, 4.69) is 30.9 Å². The van der Waals surface area contributed by atoms with Gasteiger partial charge >= 0.3 is 0 Å². The van der Waals surface area contributed by atoms with Gasteiger partial charge in [-0.1, -0.05) is 12.1 Å². The predicted molar refractivity (Wildman–Crippen MR) is 79.8 cm³/mol. The van der Waals surface area contributed by atoms with E-state index in [1.165, 1.54) is 0 Å². The van der Waals surface area contributed by atoms with Gasteiger partial charge in [0.15, 0.2) is 0 Å². The maximum absolute atomic E-state index is 4.69. The summed E-state index contributed by atoms with van der Waals surface area (Å²) < 4.78 is 2.12. The van der Waals surface area contributed by atoms with Crippen molar-refractivity contribution in [1.29, 1.82) is 0 Å². The molecule has 0 bridgehead atoms. The molecule has 0 aliphatic carbocycles. The Bertz CT molecular complexity index is 760. The molecule has 0 spiro atoms. The highest BCUT2D eigenvalue weighted by Gasteiger charge is 2.11. The molecule has 0 fully saturated rings. The second-order valence-corrected chi connectivity index (χ2v) is 4.83. The normalized spacial score (nSPS) is 10.9. The van der Waals surface area contributed by atoms with E-state index in [-0.39, 0.29) is 0 Å². The fourth-order valence-electron chi connectivity index (χ4n) is 2.28. The van der Waals surface area contributed by atoms with E-state index in [9.17, 15) is 0 Å². The molecular formula is C15H17N5. The van der Waals surface area contributed by atoms with Gasteiger partial charge in [0.2, 0.25) is 5.95 Å². The van der Waals surface area contributed by atoms with Crippen molar-refractivity contribution in [2.75, 3.05) is 12.4 Å². The van der Waals surface area contributed by atoms with Crippen LogP contribution in [-0.4, -0.2) is 26.6 Å². The topological polar surface area (TPSA) is 55.6 Å². The van der Waals surface area contributed by atoms with Crippen LogP contribution < -0.4 is 5.32 Å². The van der Waals surface area contributed by atoms with Crippen LogP contribution in [0.4, 0.5) is 5.95 Å². The number of nitrogens with one attached hydrogen (secondary N) is 1. The number of para-hydroxylation sites is 2. The Morgan fingerprint density at radius 3 is 2.75 bits per heavy atom. The Morgan fingerprint density at radius 1 is 1.20 bits per heavy atom. The molecule has 5 nitrogen and oxygen atoms in total. The number of rotatable bonds is 3. The van der Waals surface area contributed by atoms with Crippen molar-refractivity contribution in [2.45, 2.75) is 13.3 Å². The van der Waals surface area contributed by atoms with Crippen molar-refractivity contribution in [3.8, 4) is 0 Å². The first-order valence-corrected chi connectivity index (χ1v) is 6.59. The predicted octanol–water partition coefficient (Wildman–Crippen LogP) is 2.30. The lowest BCUT2D eigenvalue weighted by Crippen LogP contribution is -2.06. The number of benzene rings is 1. The van der Waals surface area contributed by atoms with Crippen molar-refractivity contribution in [1.82, 2.24) is 19.5 Å². The molecule has 0 atom stereocenters. The molecule has 5 heteroatoms. The summed E-state index contributed by atoms with van der Waals surface area (Å²) in [5, 5.41) is 2.97. The molecule has 0 saturated heterocycles. The molecule has 0 amide bonds. The van der Waals surface area contributed by atoms with E-state index in [4.69, 9.17) is 0 Å². The summed E-state index contributed by atoms with van der Waals surface area (Å²) in [6.07, 6.45) is 2.55.